The van der Waals surface area contributed by atoms with Gasteiger partial charge in [-0.3, -0.25) is 4.99 Å². The average molecular weight is 407 g/mol. The van der Waals surface area contributed by atoms with Crippen LogP contribution in [0.4, 0.5) is 0 Å². The molecule has 0 radical (unpaired) electrons. The predicted molar refractivity (Wildman–Crippen MR) is 109 cm³/mol. The van der Waals surface area contributed by atoms with Crippen LogP contribution in [0.3, 0.4) is 0 Å². The third-order valence-electron chi connectivity index (χ3n) is 4.69. The van der Waals surface area contributed by atoms with Gasteiger partial charge in [0.05, 0.1) is 13.7 Å². The number of guanidine groups is 1. The molecular weight excluding hydrogens is 380 g/mol. The molecule has 9 heteroatoms. The number of fused-ring (bicyclic) bond motifs is 1. The van der Waals surface area contributed by atoms with Gasteiger partial charge in [-0.25, -0.2) is 9.67 Å². The first-order chi connectivity index (χ1) is 13.6. The van der Waals surface area contributed by atoms with Crippen LogP contribution in [0.2, 0.25) is 5.02 Å². The first-order valence-electron chi connectivity index (χ1n) is 9.34. The predicted octanol–water partition coefficient (Wildman–Crippen LogP) is 1.81. The molecule has 0 amide bonds. The highest BCUT2D eigenvalue weighted by Gasteiger charge is 2.22. The Morgan fingerprint density at radius 2 is 2.25 bits per heavy atom. The molecule has 28 heavy (non-hydrogen) atoms. The van der Waals surface area contributed by atoms with Gasteiger partial charge in [-0.05, 0) is 30.5 Å². The van der Waals surface area contributed by atoms with Gasteiger partial charge in [0, 0.05) is 38.2 Å². The Hall–Kier alpha value is -2.32. The summed E-state index contributed by atoms with van der Waals surface area (Å²) in [6.07, 6.45) is 2.66. The highest BCUT2D eigenvalue weighted by atomic mass is 35.5. The van der Waals surface area contributed by atoms with Crippen molar-refractivity contribution >= 4 is 17.6 Å². The minimum Gasteiger partial charge on any atom is -0.497 e. The normalized spacial score (nSPS) is 16.6. The molecule has 2 heterocycles. The van der Waals surface area contributed by atoms with E-state index in [2.05, 4.69) is 25.7 Å². The van der Waals surface area contributed by atoms with Crippen LogP contribution in [-0.4, -0.2) is 54.6 Å². The number of halogens is 1. The van der Waals surface area contributed by atoms with Gasteiger partial charge in [-0.1, -0.05) is 17.7 Å². The zero-order valence-corrected chi connectivity index (χ0v) is 17.3. The van der Waals surface area contributed by atoms with E-state index in [1.54, 1.807) is 21.3 Å². The Kier molecular flexibility index (Phi) is 7.11. The van der Waals surface area contributed by atoms with Gasteiger partial charge in [0.15, 0.2) is 11.8 Å². The highest BCUT2D eigenvalue weighted by molar-refractivity contribution is 6.31. The van der Waals surface area contributed by atoms with Crippen LogP contribution in [0.5, 0.6) is 5.75 Å². The fourth-order valence-corrected chi connectivity index (χ4v) is 3.50. The number of aromatic nitrogens is 3. The highest BCUT2D eigenvalue weighted by Crippen LogP contribution is 2.22. The van der Waals surface area contributed by atoms with Crippen molar-refractivity contribution in [2.45, 2.75) is 38.5 Å². The van der Waals surface area contributed by atoms with E-state index in [1.807, 2.05) is 22.9 Å². The van der Waals surface area contributed by atoms with Crippen molar-refractivity contribution in [3.63, 3.8) is 0 Å². The van der Waals surface area contributed by atoms with E-state index in [9.17, 15) is 0 Å². The molecule has 0 bridgehead atoms. The minimum absolute atomic E-state index is 0.250. The lowest BCUT2D eigenvalue weighted by Gasteiger charge is -2.25. The molecule has 0 aliphatic carbocycles. The van der Waals surface area contributed by atoms with Gasteiger partial charge in [-0.15, -0.1) is 0 Å². The van der Waals surface area contributed by atoms with Gasteiger partial charge in [0.2, 0.25) is 0 Å². The third kappa shape index (κ3) is 5.14. The largest absolute Gasteiger partial charge is 0.497 e. The maximum absolute atomic E-state index is 6.31. The summed E-state index contributed by atoms with van der Waals surface area (Å²) < 4.78 is 12.3. The number of methoxy groups -OCH3 is 2. The molecule has 1 atom stereocenters. The number of hydrogen-bond acceptors (Lipinski definition) is 5. The zero-order valence-electron chi connectivity index (χ0n) is 16.5. The van der Waals surface area contributed by atoms with Crippen molar-refractivity contribution in [3.8, 4) is 5.75 Å². The van der Waals surface area contributed by atoms with Crippen LogP contribution in [0.25, 0.3) is 0 Å². The van der Waals surface area contributed by atoms with Crippen molar-refractivity contribution in [2.24, 2.45) is 4.99 Å². The van der Waals surface area contributed by atoms with Crippen LogP contribution in [0.1, 0.15) is 23.6 Å². The van der Waals surface area contributed by atoms with Crippen LogP contribution in [-0.2, 0) is 30.7 Å². The van der Waals surface area contributed by atoms with Gasteiger partial charge in [0.1, 0.15) is 18.2 Å². The van der Waals surface area contributed by atoms with E-state index in [0.29, 0.717) is 11.6 Å². The van der Waals surface area contributed by atoms with Crippen molar-refractivity contribution in [2.75, 3.05) is 27.8 Å². The Bertz CT molecular complexity index is 823. The molecule has 8 nitrogen and oxygen atoms in total. The summed E-state index contributed by atoms with van der Waals surface area (Å²) >= 11 is 6.31. The monoisotopic (exact) mass is 406 g/mol. The standard InChI is InChI=1S/C19H27ClN6O2/c1-21-19(22-9-8-13-4-6-15(28-3)10-16(13)20)23-14-5-7-18-24-17(12-27-2)25-26(18)11-14/h4,6,10,14H,5,7-9,11-12H2,1-3H3,(H2,21,22,23). The van der Waals surface area contributed by atoms with Crippen LogP contribution < -0.4 is 15.4 Å². The molecule has 1 aromatic heterocycles. The lowest BCUT2D eigenvalue weighted by atomic mass is 10.1. The average Bonchev–Trinajstić information content (AvgIpc) is 3.10. The summed E-state index contributed by atoms with van der Waals surface area (Å²) in [6, 6.07) is 5.99. The van der Waals surface area contributed by atoms with Crippen molar-refractivity contribution in [1.29, 1.82) is 0 Å². The lowest BCUT2D eigenvalue weighted by Crippen LogP contribution is -2.47. The SMILES string of the molecule is CN=C(NCCc1ccc(OC)cc1Cl)NC1CCc2nc(COC)nn2C1. The van der Waals surface area contributed by atoms with E-state index in [1.165, 1.54) is 0 Å². The fourth-order valence-electron chi connectivity index (χ4n) is 3.23. The molecule has 2 aromatic rings. The van der Waals surface area contributed by atoms with Crippen LogP contribution in [0, 0.1) is 0 Å². The molecule has 3 rings (SSSR count). The smallest absolute Gasteiger partial charge is 0.191 e. The zero-order chi connectivity index (χ0) is 19.9. The Morgan fingerprint density at radius 3 is 2.96 bits per heavy atom. The molecule has 1 aromatic carbocycles. The summed E-state index contributed by atoms with van der Waals surface area (Å²) in [5.41, 5.74) is 1.07. The number of nitrogens with zero attached hydrogens (tertiary/aromatic N) is 4. The van der Waals surface area contributed by atoms with Crippen molar-refractivity contribution < 1.29 is 9.47 Å². The first-order valence-corrected chi connectivity index (χ1v) is 9.72. The number of aliphatic imine (C=N–C) groups is 1. The molecule has 152 valence electrons. The summed E-state index contributed by atoms with van der Waals surface area (Å²) in [7, 11) is 5.06. The number of rotatable bonds is 7. The molecular formula is C19H27ClN6O2. The third-order valence-corrected chi connectivity index (χ3v) is 5.04. The van der Waals surface area contributed by atoms with Gasteiger partial charge >= 0.3 is 0 Å². The Labute approximate surface area is 170 Å². The van der Waals surface area contributed by atoms with Gasteiger partial charge in [0.25, 0.3) is 0 Å². The maximum Gasteiger partial charge on any atom is 0.191 e. The van der Waals surface area contributed by atoms with E-state index < -0.39 is 0 Å². The second-order valence-corrected chi connectivity index (χ2v) is 7.05. The number of ether oxygens (including phenoxy) is 2. The molecule has 1 aliphatic rings. The molecule has 0 saturated carbocycles. The van der Waals surface area contributed by atoms with Gasteiger partial charge in [-0.2, -0.15) is 5.10 Å². The topological polar surface area (TPSA) is 85.6 Å². The van der Waals surface area contributed by atoms with Crippen molar-refractivity contribution in [1.82, 2.24) is 25.4 Å². The van der Waals surface area contributed by atoms with E-state index in [4.69, 9.17) is 21.1 Å². The molecule has 0 fully saturated rings. The van der Waals surface area contributed by atoms with Crippen LogP contribution >= 0.6 is 11.6 Å². The number of aryl methyl sites for hydroxylation is 1. The second kappa shape index (κ2) is 9.75. The number of nitrogens with one attached hydrogen (secondary N) is 2. The van der Waals surface area contributed by atoms with Gasteiger partial charge < -0.3 is 20.1 Å². The first kappa shape index (κ1) is 20.4. The van der Waals surface area contributed by atoms with E-state index in [-0.39, 0.29) is 6.04 Å². The summed E-state index contributed by atoms with van der Waals surface area (Å²) in [5, 5.41) is 12.0. The number of benzene rings is 1. The quantitative estimate of drug-likeness (QED) is 0.538. The lowest BCUT2D eigenvalue weighted by molar-refractivity contribution is 0.177. The second-order valence-electron chi connectivity index (χ2n) is 6.65. The minimum atomic E-state index is 0.250. The fraction of sp³-hybridized carbons (Fsp3) is 0.526. The van der Waals surface area contributed by atoms with E-state index >= 15 is 0 Å². The molecule has 1 unspecified atom stereocenters. The summed E-state index contributed by atoms with van der Waals surface area (Å²) in [4.78, 5) is 8.84. The summed E-state index contributed by atoms with van der Waals surface area (Å²) in [5.74, 6) is 3.28. The summed E-state index contributed by atoms with van der Waals surface area (Å²) in [6.45, 7) is 1.93. The Morgan fingerprint density at radius 1 is 1.39 bits per heavy atom. The Balaban J connectivity index is 1.49. The van der Waals surface area contributed by atoms with Crippen molar-refractivity contribution in [3.05, 3.63) is 40.4 Å². The maximum atomic E-state index is 6.31. The van der Waals surface area contributed by atoms with E-state index in [0.717, 1.165) is 61.3 Å². The number of hydrogen-bond donors (Lipinski definition) is 2. The molecule has 1 aliphatic heterocycles. The van der Waals surface area contributed by atoms with Crippen LogP contribution in [0.15, 0.2) is 23.2 Å². The molecule has 2 N–H and O–H groups in total. The molecule has 0 saturated heterocycles. The molecule has 0 spiro atoms.